The highest BCUT2D eigenvalue weighted by Crippen LogP contribution is 2.24. The summed E-state index contributed by atoms with van der Waals surface area (Å²) in [6, 6.07) is 5.89. The van der Waals surface area contributed by atoms with Crippen LogP contribution in [0.4, 0.5) is 5.69 Å². The summed E-state index contributed by atoms with van der Waals surface area (Å²) in [7, 11) is 0. The molecule has 104 valence electrons. The van der Waals surface area contributed by atoms with Gasteiger partial charge in [0.25, 0.3) is 0 Å². The van der Waals surface area contributed by atoms with Crippen molar-refractivity contribution in [3.8, 4) is 0 Å². The van der Waals surface area contributed by atoms with Crippen molar-refractivity contribution < 1.29 is 9.52 Å². The van der Waals surface area contributed by atoms with Gasteiger partial charge in [0.15, 0.2) is 11.5 Å². The molecule has 4 nitrogen and oxygen atoms in total. The third kappa shape index (κ3) is 3.26. The van der Waals surface area contributed by atoms with E-state index in [2.05, 4.69) is 24.1 Å². The Morgan fingerprint density at radius 2 is 2.11 bits per heavy atom. The number of benzene rings is 1. The van der Waals surface area contributed by atoms with E-state index >= 15 is 0 Å². The van der Waals surface area contributed by atoms with E-state index in [9.17, 15) is 5.11 Å². The molecule has 4 heteroatoms. The lowest BCUT2D eigenvalue weighted by molar-refractivity contribution is 0.171. The van der Waals surface area contributed by atoms with Crippen molar-refractivity contribution >= 4 is 16.8 Å². The Morgan fingerprint density at radius 3 is 2.74 bits per heavy atom. The molecule has 1 aromatic heterocycles. The van der Waals surface area contributed by atoms with Crippen LogP contribution in [0, 0.1) is 5.41 Å². The van der Waals surface area contributed by atoms with Crippen LogP contribution in [-0.4, -0.2) is 23.2 Å². The Kier molecular flexibility index (Phi) is 3.80. The zero-order chi connectivity index (χ0) is 14.0. The van der Waals surface area contributed by atoms with E-state index < -0.39 is 0 Å². The second-order valence-electron chi connectivity index (χ2n) is 6.07. The van der Waals surface area contributed by atoms with E-state index in [0.717, 1.165) is 22.7 Å². The summed E-state index contributed by atoms with van der Waals surface area (Å²) in [5.41, 5.74) is 2.55. The molecule has 0 saturated heterocycles. The number of aliphatic hydroxyl groups excluding tert-OH is 1. The normalized spacial score (nSPS) is 12.3. The molecule has 1 aromatic carbocycles. The molecule has 2 aromatic rings. The second kappa shape index (κ2) is 5.21. The van der Waals surface area contributed by atoms with Gasteiger partial charge in [-0.2, -0.15) is 0 Å². The number of rotatable bonds is 5. The number of aromatic nitrogens is 1. The highest BCUT2D eigenvalue weighted by molar-refractivity contribution is 5.77. The predicted molar refractivity (Wildman–Crippen MR) is 77.5 cm³/mol. The zero-order valence-corrected chi connectivity index (χ0v) is 12.0. The lowest BCUT2D eigenvalue weighted by Crippen LogP contribution is -2.26. The summed E-state index contributed by atoms with van der Waals surface area (Å²) in [5, 5.41) is 12.6. The average Bonchev–Trinajstić information content (AvgIpc) is 2.79. The van der Waals surface area contributed by atoms with Crippen molar-refractivity contribution in [3.63, 3.8) is 0 Å². The predicted octanol–water partition coefficient (Wildman–Crippen LogP) is 3.38. The Labute approximate surface area is 113 Å². The fraction of sp³-hybridized carbons (Fsp3) is 0.533. The van der Waals surface area contributed by atoms with Crippen LogP contribution in [0.3, 0.4) is 0 Å². The minimum atomic E-state index is -0.137. The summed E-state index contributed by atoms with van der Waals surface area (Å²) in [5.74, 6) is 1.06. The van der Waals surface area contributed by atoms with E-state index in [-0.39, 0.29) is 17.9 Å². The largest absolute Gasteiger partial charge is 0.440 e. The molecule has 19 heavy (non-hydrogen) atoms. The van der Waals surface area contributed by atoms with Gasteiger partial charge < -0.3 is 14.8 Å². The molecule has 0 saturated carbocycles. The molecule has 0 aliphatic rings. The molecule has 0 aliphatic carbocycles. The molecule has 0 radical (unpaired) electrons. The van der Waals surface area contributed by atoms with E-state index in [0.29, 0.717) is 6.54 Å². The number of oxazole rings is 1. The third-order valence-electron chi connectivity index (χ3n) is 3.10. The fourth-order valence-corrected chi connectivity index (χ4v) is 1.70. The van der Waals surface area contributed by atoms with Gasteiger partial charge in [-0.25, -0.2) is 4.98 Å². The maximum atomic E-state index is 9.24. The monoisotopic (exact) mass is 262 g/mol. The van der Waals surface area contributed by atoms with Crippen molar-refractivity contribution in [3.05, 3.63) is 24.1 Å². The smallest absolute Gasteiger partial charge is 0.198 e. The first-order valence-electron chi connectivity index (χ1n) is 6.66. The summed E-state index contributed by atoms with van der Waals surface area (Å²) < 4.78 is 5.67. The Balaban J connectivity index is 2.17. The number of hydrogen-bond donors (Lipinski definition) is 2. The topological polar surface area (TPSA) is 58.3 Å². The van der Waals surface area contributed by atoms with E-state index in [4.69, 9.17) is 4.42 Å². The van der Waals surface area contributed by atoms with Gasteiger partial charge in [0, 0.05) is 30.2 Å². The van der Waals surface area contributed by atoms with Crippen LogP contribution in [0.5, 0.6) is 0 Å². The van der Waals surface area contributed by atoms with Crippen LogP contribution in [0.25, 0.3) is 11.1 Å². The molecule has 0 amide bonds. The second-order valence-corrected chi connectivity index (χ2v) is 6.07. The third-order valence-corrected chi connectivity index (χ3v) is 3.10. The van der Waals surface area contributed by atoms with Gasteiger partial charge in [-0.05, 0) is 18.2 Å². The maximum Gasteiger partial charge on any atom is 0.198 e. The number of hydrogen-bond acceptors (Lipinski definition) is 4. The Bertz CT molecular complexity index is 558. The summed E-state index contributed by atoms with van der Waals surface area (Å²) in [4.78, 5) is 4.48. The number of nitrogens with zero attached hydrogens (tertiary/aromatic N) is 1. The van der Waals surface area contributed by atoms with Crippen LogP contribution < -0.4 is 5.32 Å². The first kappa shape index (κ1) is 13.9. The number of anilines is 1. The maximum absolute atomic E-state index is 9.24. The van der Waals surface area contributed by atoms with Gasteiger partial charge in [-0.1, -0.05) is 27.7 Å². The Hall–Kier alpha value is -1.55. The molecule has 0 aliphatic heterocycles. The van der Waals surface area contributed by atoms with Crippen LogP contribution >= 0.6 is 0 Å². The van der Waals surface area contributed by atoms with Crippen molar-refractivity contribution in [2.24, 2.45) is 5.41 Å². The molecule has 0 spiro atoms. The van der Waals surface area contributed by atoms with Crippen molar-refractivity contribution in [1.82, 2.24) is 4.98 Å². The molecule has 2 N–H and O–H groups in total. The van der Waals surface area contributed by atoms with Gasteiger partial charge in [-0.15, -0.1) is 0 Å². The minimum absolute atomic E-state index is 0.137. The molecule has 0 bridgehead atoms. The highest BCUT2D eigenvalue weighted by Gasteiger charge is 2.16. The first-order valence-corrected chi connectivity index (χ1v) is 6.66. The SMILES string of the molecule is CC(C)c1nc2cc(NCC(C)(C)CO)ccc2o1. The average molecular weight is 262 g/mol. The number of nitrogens with one attached hydrogen (secondary N) is 1. The fourth-order valence-electron chi connectivity index (χ4n) is 1.70. The highest BCUT2D eigenvalue weighted by atomic mass is 16.3. The lowest BCUT2D eigenvalue weighted by atomic mass is 9.95. The Morgan fingerprint density at radius 1 is 1.37 bits per heavy atom. The molecule has 1 heterocycles. The molecule has 0 atom stereocenters. The van der Waals surface area contributed by atoms with Crippen molar-refractivity contribution in [2.75, 3.05) is 18.5 Å². The van der Waals surface area contributed by atoms with E-state index in [1.807, 2.05) is 32.0 Å². The van der Waals surface area contributed by atoms with Gasteiger partial charge in [0.1, 0.15) is 5.52 Å². The number of fused-ring (bicyclic) bond motifs is 1. The summed E-state index contributed by atoms with van der Waals surface area (Å²) >= 11 is 0. The van der Waals surface area contributed by atoms with E-state index in [1.54, 1.807) is 0 Å². The molecule has 2 rings (SSSR count). The summed E-state index contributed by atoms with van der Waals surface area (Å²) in [6.45, 7) is 9.03. The van der Waals surface area contributed by atoms with Crippen molar-refractivity contribution in [1.29, 1.82) is 0 Å². The first-order chi connectivity index (χ1) is 8.91. The van der Waals surface area contributed by atoms with Gasteiger partial charge >= 0.3 is 0 Å². The van der Waals surface area contributed by atoms with Crippen LogP contribution in [0.15, 0.2) is 22.6 Å². The molecular formula is C15H22N2O2. The minimum Gasteiger partial charge on any atom is -0.440 e. The molecule has 0 fully saturated rings. The number of aliphatic hydroxyl groups is 1. The van der Waals surface area contributed by atoms with Crippen LogP contribution in [-0.2, 0) is 0 Å². The van der Waals surface area contributed by atoms with Gasteiger partial charge in [-0.3, -0.25) is 0 Å². The van der Waals surface area contributed by atoms with E-state index in [1.165, 1.54) is 0 Å². The van der Waals surface area contributed by atoms with Gasteiger partial charge in [0.05, 0.1) is 0 Å². The molecule has 0 unspecified atom stereocenters. The summed E-state index contributed by atoms with van der Waals surface area (Å²) in [6.07, 6.45) is 0. The van der Waals surface area contributed by atoms with Crippen LogP contribution in [0.2, 0.25) is 0 Å². The lowest BCUT2D eigenvalue weighted by Gasteiger charge is -2.22. The quantitative estimate of drug-likeness (QED) is 0.867. The van der Waals surface area contributed by atoms with Crippen LogP contribution in [0.1, 0.15) is 39.5 Å². The molecular weight excluding hydrogens is 240 g/mol. The van der Waals surface area contributed by atoms with Crippen molar-refractivity contribution in [2.45, 2.75) is 33.6 Å². The zero-order valence-electron chi connectivity index (χ0n) is 12.0. The standard InChI is InChI=1S/C15H22N2O2/c1-10(2)14-17-12-7-11(5-6-13(12)19-14)16-8-15(3,4)9-18/h5-7,10,16,18H,8-9H2,1-4H3. The van der Waals surface area contributed by atoms with Gasteiger partial charge in [0.2, 0.25) is 0 Å².